The Hall–Kier alpha value is -3.14. The van der Waals surface area contributed by atoms with Gasteiger partial charge in [0.05, 0.1) is 17.6 Å². The van der Waals surface area contributed by atoms with Crippen LogP contribution >= 0.6 is 0 Å². The molecule has 1 unspecified atom stereocenters. The number of aryl methyl sites for hydroxylation is 1. The monoisotopic (exact) mass is 381 g/mol. The Morgan fingerprint density at radius 1 is 0.931 bits per heavy atom. The minimum absolute atomic E-state index is 0.0717. The molecule has 0 amide bonds. The SMILES string of the molecule is CCc1cccc(C(C[B]c2ncc(-c3ccccc3)[nH]2)c2cccc(F)c2)c1. The fraction of sp³-hybridized carbons (Fsp3) is 0.160. The van der Waals surface area contributed by atoms with Crippen molar-refractivity contribution in [1.29, 1.82) is 0 Å². The average molecular weight is 381 g/mol. The van der Waals surface area contributed by atoms with E-state index in [-0.39, 0.29) is 11.7 Å². The molecule has 0 saturated heterocycles. The highest BCUT2D eigenvalue weighted by Crippen LogP contribution is 2.29. The third-order valence-corrected chi connectivity index (χ3v) is 5.24. The second-order valence-corrected chi connectivity index (χ2v) is 7.19. The van der Waals surface area contributed by atoms with Gasteiger partial charge in [-0.2, -0.15) is 0 Å². The molecule has 29 heavy (non-hydrogen) atoms. The number of H-pyrrole nitrogens is 1. The number of nitrogens with zero attached hydrogens (tertiary/aromatic N) is 1. The molecule has 0 aliphatic carbocycles. The summed E-state index contributed by atoms with van der Waals surface area (Å²) in [6.45, 7) is 2.15. The Morgan fingerprint density at radius 3 is 2.45 bits per heavy atom. The van der Waals surface area contributed by atoms with Crippen molar-refractivity contribution in [2.75, 3.05) is 0 Å². The summed E-state index contributed by atoms with van der Waals surface area (Å²) in [5.74, 6) is -0.133. The van der Waals surface area contributed by atoms with Gasteiger partial charge in [0.25, 0.3) is 0 Å². The summed E-state index contributed by atoms with van der Waals surface area (Å²) in [5.41, 5.74) is 6.39. The van der Waals surface area contributed by atoms with Crippen molar-refractivity contribution in [3.8, 4) is 11.3 Å². The number of halogens is 1. The Morgan fingerprint density at radius 2 is 1.69 bits per heavy atom. The van der Waals surface area contributed by atoms with Gasteiger partial charge in [-0.25, -0.2) is 4.39 Å². The minimum atomic E-state index is -0.205. The number of aromatic amines is 1. The normalized spacial score (nSPS) is 11.9. The molecule has 1 heterocycles. The molecule has 143 valence electrons. The molecule has 0 aliphatic heterocycles. The summed E-state index contributed by atoms with van der Waals surface area (Å²) in [7, 11) is 2.10. The molecule has 1 aromatic heterocycles. The van der Waals surface area contributed by atoms with E-state index in [1.165, 1.54) is 17.2 Å². The van der Waals surface area contributed by atoms with E-state index in [9.17, 15) is 4.39 Å². The van der Waals surface area contributed by atoms with Gasteiger partial charge in [0.2, 0.25) is 7.28 Å². The van der Waals surface area contributed by atoms with E-state index in [0.717, 1.165) is 35.3 Å². The van der Waals surface area contributed by atoms with Crippen LogP contribution in [0.4, 0.5) is 4.39 Å². The van der Waals surface area contributed by atoms with Gasteiger partial charge < -0.3 is 4.98 Å². The molecule has 4 aromatic rings. The Bertz CT molecular complexity index is 1070. The van der Waals surface area contributed by atoms with Crippen molar-refractivity contribution >= 4 is 13.0 Å². The van der Waals surface area contributed by atoms with Crippen LogP contribution in [0.5, 0.6) is 0 Å². The molecule has 0 aliphatic rings. The van der Waals surface area contributed by atoms with Crippen LogP contribution in [-0.2, 0) is 6.42 Å². The second kappa shape index (κ2) is 8.91. The Balaban J connectivity index is 1.58. The molecule has 0 bridgehead atoms. The quantitative estimate of drug-likeness (QED) is 0.429. The van der Waals surface area contributed by atoms with Gasteiger partial charge in [0.1, 0.15) is 5.82 Å². The first-order valence-corrected chi connectivity index (χ1v) is 10.0. The summed E-state index contributed by atoms with van der Waals surface area (Å²) in [6, 6.07) is 25.6. The van der Waals surface area contributed by atoms with Crippen molar-refractivity contribution < 1.29 is 4.39 Å². The highest BCUT2D eigenvalue weighted by Gasteiger charge is 2.17. The number of imidazole rings is 1. The van der Waals surface area contributed by atoms with E-state index in [1.807, 2.05) is 30.5 Å². The van der Waals surface area contributed by atoms with Gasteiger partial charge >= 0.3 is 0 Å². The van der Waals surface area contributed by atoms with E-state index in [1.54, 1.807) is 12.1 Å². The van der Waals surface area contributed by atoms with Crippen molar-refractivity contribution in [3.05, 3.63) is 108 Å². The molecule has 1 atom stereocenters. The van der Waals surface area contributed by atoms with Crippen LogP contribution in [0.15, 0.2) is 85.1 Å². The van der Waals surface area contributed by atoms with Crippen LogP contribution < -0.4 is 5.72 Å². The smallest absolute Gasteiger partial charge is 0.202 e. The van der Waals surface area contributed by atoms with Gasteiger partial charge in [0, 0.05) is 5.92 Å². The van der Waals surface area contributed by atoms with E-state index >= 15 is 0 Å². The van der Waals surface area contributed by atoms with Gasteiger partial charge in [-0.15, -0.1) is 0 Å². The molecular weight excluding hydrogens is 358 g/mol. The summed E-state index contributed by atoms with van der Waals surface area (Å²) in [4.78, 5) is 7.90. The largest absolute Gasteiger partial charge is 0.351 e. The topological polar surface area (TPSA) is 28.7 Å². The van der Waals surface area contributed by atoms with Gasteiger partial charge in [0.15, 0.2) is 0 Å². The fourth-order valence-corrected chi connectivity index (χ4v) is 3.65. The molecular formula is C25H23BFN2. The number of aromatic nitrogens is 2. The first kappa shape index (κ1) is 19.2. The summed E-state index contributed by atoms with van der Waals surface area (Å²) >= 11 is 0. The van der Waals surface area contributed by atoms with Crippen molar-refractivity contribution in [2.45, 2.75) is 25.6 Å². The average Bonchev–Trinajstić information content (AvgIpc) is 3.24. The lowest BCUT2D eigenvalue weighted by atomic mass is 9.65. The van der Waals surface area contributed by atoms with E-state index < -0.39 is 0 Å². The molecule has 0 spiro atoms. The van der Waals surface area contributed by atoms with Gasteiger partial charge in [-0.05, 0) is 40.8 Å². The first-order valence-electron chi connectivity index (χ1n) is 10.0. The maximum atomic E-state index is 13.9. The standard InChI is InChI=1S/C25H23BFN2/c1-2-18-8-6-11-20(14-18)23(21-12-7-13-22(27)15-21)16-26-25-28-17-24(29-25)19-9-4-3-5-10-19/h3-15,17,23H,2,16H2,1H3,(H,28,29). The maximum absolute atomic E-state index is 13.9. The zero-order valence-corrected chi connectivity index (χ0v) is 16.5. The van der Waals surface area contributed by atoms with Crippen molar-refractivity contribution in [3.63, 3.8) is 0 Å². The predicted octanol–water partition coefficient (Wildman–Crippen LogP) is 5.36. The van der Waals surface area contributed by atoms with Gasteiger partial charge in [-0.1, -0.05) is 80.0 Å². The highest BCUT2D eigenvalue weighted by atomic mass is 19.1. The summed E-state index contributed by atoms with van der Waals surface area (Å²) in [5, 5.41) is 0. The van der Waals surface area contributed by atoms with E-state index in [2.05, 4.69) is 60.6 Å². The number of benzene rings is 3. The highest BCUT2D eigenvalue weighted by molar-refractivity contribution is 6.51. The lowest BCUT2D eigenvalue weighted by molar-refractivity contribution is 0.624. The number of hydrogen-bond acceptors (Lipinski definition) is 1. The molecule has 2 nitrogen and oxygen atoms in total. The van der Waals surface area contributed by atoms with E-state index in [0.29, 0.717) is 0 Å². The Labute approximate surface area is 172 Å². The molecule has 0 saturated carbocycles. The number of nitrogens with one attached hydrogen (secondary N) is 1. The Kier molecular flexibility index (Phi) is 5.90. The summed E-state index contributed by atoms with van der Waals surface area (Å²) < 4.78 is 13.9. The zero-order valence-electron chi connectivity index (χ0n) is 16.5. The van der Waals surface area contributed by atoms with Crippen LogP contribution in [0.3, 0.4) is 0 Å². The van der Waals surface area contributed by atoms with Crippen LogP contribution in [-0.4, -0.2) is 17.2 Å². The molecule has 4 rings (SSSR count). The molecule has 1 radical (unpaired) electrons. The predicted molar refractivity (Wildman–Crippen MR) is 118 cm³/mol. The van der Waals surface area contributed by atoms with Gasteiger partial charge in [-0.3, -0.25) is 4.98 Å². The van der Waals surface area contributed by atoms with Crippen LogP contribution in [0.2, 0.25) is 6.32 Å². The third kappa shape index (κ3) is 4.65. The molecule has 1 N–H and O–H groups in total. The molecule has 4 heteroatoms. The first-order chi connectivity index (χ1) is 14.2. The second-order valence-electron chi connectivity index (χ2n) is 7.19. The number of rotatable bonds is 7. The van der Waals surface area contributed by atoms with E-state index in [4.69, 9.17) is 0 Å². The fourth-order valence-electron chi connectivity index (χ4n) is 3.65. The minimum Gasteiger partial charge on any atom is -0.351 e. The van der Waals surface area contributed by atoms with Crippen LogP contribution in [0.25, 0.3) is 11.3 Å². The van der Waals surface area contributed by atoms with Crippen molar-refractivity contribution in [2.24, 2.45) is 0 Å². The zero-order chi connectivity index (χ0) is 20.1. The lowest BCUT2D eigenvalue weighted by Crippen LogP contribution is -2.21. The summed E-state index contributed by atoms with van der Waals surface area (Å²) in [6.07, 6.45) is 3.57. The number of hydrogen-bond donors (Lipinski definition) is 1. The van der Waals surface area contributed by atoms with Crippen LogP contribution in [0.1, 0.15) is 29.5 Å². The van der Waals surface area contributed by atoms with Crippen molar-refractivity contribution in [1.82, 2.24) is 9.97 Å². The third-order valence-electron chi connectivity index (χ3n) is 5.24. The molecule has 3 aromatic carbocycles. The maximum Gasteiger partial charge on any atom is 0.202 e. The lowest BCUT2D eigenvalue weighted by Gasteiger charge is -2.18. The molecule has 0 fully saturated rings. The van der Waals surface area contributed by atoms with Crippen LogP contribution in [0, 0.1) is 5.82 Å².